The van der Waals surface area contributed by atoms with Gasteiger partial charge in [0.25, 0.3) is 0 Å². The Morgan fingerprint density at radius 3 is 2.14 bits per heavy atom. The van der Waals surface area contributed by atoms with Crippen molar-refractivity contribution in [3.05, 3.63) is 60.7 Å². The molecule has 0 fully saturated rings. The van der Waals surface area contributed by atoms with Crippen LogP contribution in [0.4, 0.5) is 16.2 Å². The third kappa shape index (κ3) is 5.67. The molecule has 0 aliphatic heterocycles. The van der Waals surface area contributed by atoms with E-state index in [0.717, 1.165) is 10.8 Å². The minimum absolute atomic E-state index is 0.191. The van der Waals surface area contributed by atoms with Gasteiger partial charge < -0.3 is 15.4 Å². The van der Waals surface area contributed by atoms with E-state index in [1.54, 1.807) is 36.4 Å². The number of benzene rings is 3. The summed E-state index contributed by atoms with van der Waals surface area (Å²) < 4.78 is 37.7. The Hall–Kier alpha value is -3.63. The standard InChI is InChI=1S/C19H17N3O6S/c1-12(23)20-15-6-8-16(9-7-15)28-18-11-14-5-3-2-4-13(14)10-17(18)21-19(24)22-29(25,26)27/h2-11H,1H3,(H,20,23)(H2,21,22,24)(H,25,26,27). The van der Waals surface area contributed by atoms with Gasteiger partial charge in [0.2, 0.25) is 5.91 Å². The second kappa shape index (κ2) is 8.17. The molecular weight excluding hydrogens is 398 g/mol. The summed E-state index contributed by atoms with van der Waals surface area (Å²) in [6.45, 7) is 1.40. The van der Waals surface area contributed by atoms with Gasteiger partial charge in [0, 0.05) is 12.6 Å². The van der Waals surface area contributed by atoms with Gasteiger partial charge in [-0.15, -0.1) is 0 Å². The molecular formula is C19H17N3O6S. The van der Waals surface area contributed by atoms with E-state index in [9.17, 15) is 18.0 Å². The zero-order valence-electron chi connectivity index (χ0n) is 15.2. The van der Waals surface area contributed by atoms with Crippen molar-refractivity contribution in [2.45, 2.75) is 6.92 Å². The zero-order chi connectivity index (χ0) is 21.0. The van der Waals surface area contributed by atoms with Crippen LogP contribution in [-0.4, -0.2) is 24.9 Å². The van der Waals surface area contributed by atoms with E-state index in [1.807, 2.05) is 24.3 Å². The first-order valence-corrected chi connectivity index (χ1v) is 9.78. The Bertz CT molecular complexity index is 1180. The first-order valence-electron chi connectivity index (χ1n) is 8.34. The van der Waals surface area contributed by atoms with E-state index >= 15 is 0 Å². The highest BCUT2D eigenvalue weighted by Gasteiger charge is 2.14. The smallest absolute Gasteiger partial charge is 0.361 e. The molecule has 0 atom stereocenters. The number of hydrogen-bond donors (Lipinski definition) is 4. The molecule has 10 heteroatoms. The topological polar surface area (TPSA) is 134 Å². The van der Waals surface area contributed by atoms with E-state index in [-0.39, 0.29) is 17.3 Å². The Morgan fingerprint density at radius 2 is 1.55 bits per heavy atom. The average Bonchev–Trinajstić information content (AvgIpc) is 2.61. The van der Waals surface area contributed by atoms with Gasteiger partial charge in [-0.05, 0) is 47.2 Å². The van der Waals surface area contributed by atoms with Gasteiger partial charge >= 0.3 is 16.3 Å². The summed E-state index contributed by atoms with van der Waals surface area (Å²) in [7, 11) is -4.71. The second-order valence-electron chi connectivity index (χ2n) is 6.03. The van der Waals surface area contributed by atoms with E-state index in [0.29, 0.717) is 11.4 Å². The van der Waals surface area contributed by atoms with Crippen LogP contribution in [0.25, 0.3) is 10.8 Å². The van der Waals surface area contributed by atoms with Crippen LogP contribution < -0.4 is 20.1 Å². The number of anilines is 2. The summed E-state index contributed by atoms with van der Waals surface area (Å²) in [5, 5.41) is 6.60. The molecule has 29 heavy (non-hydrogen) atoms. The van der Waals surface area contributed by atoms with Crippen LogP contribution in [0.3, 0.4) is 0 Å². The minimum atomic E-state index is -4.71. The molecule has 0 aliphatic carbocycles. The van der Waals surface area contributed by atoms with Crippen LogP contribution in [-0.2, 0) is 15.1 Å². The Labute approximate surface area is 166 Å². The van der Waals surface area contributed by atoms with Crippen LogP contribution in [0.15, 0.2) is 60.7 Å². The third-order valence-electron chi connectivity index (χ3n) is 3.72. The number of carbonyl (C=O) groups is 2. The predicted octanol–water partition coefficient (Wildman–Crippen LogP) is 3.51. The predicted molar refractivity (Wildman–Crippen MR) is 108 cm³/mol. The Morgan fingerprint density at radius 1 is 0.931 bits per heavy atom. The summed E-state index contributed by atoms with van der Waals surface area (Å²) in [5.41, 5.74) is 0.782. The van der Waals surface area contributed by atoms with Crippen molar-refractivity contribution in [3.8, 4) is 11.5 Å². The maximum absolute atomic E-state index is 11.9. The highest BCUT2D eigenvalue weighted by molar-refractivity contribution is 7.84. The molecule has 0 aliphatic rings. The third-order valence-corrected chi connectivity index (χ3v) is 4.16. The number of nitrogens with one attached hydrogen (secondary N) is 3. The molecule has 0 saturated carbocycles. The van der Waals surface area contributed by atoms with Crippen molar-refractivity contribution in [2.24, 2.45) is 0 Å². The van der Waals surface area contributed by atoms with Gasteiger partial charge in [0.15, 0.2) is 5.75 Å². The Kier molecular flexibility index (Phi) is 5.66. The SMILES string of the molecule is CC(=O)Nc1ccc(Oc2cc3ccccc3cc2NC(=O)NS(=O)(=O)O)cc1. The molecule has 9 nitrogen and oxygen atoms in total. The summed E-state index contributed by atoms with van der Waals surface area (Å²) in [5.74, 6) is 0.471. The Balaban J connectivity index is 1.92. The van der Waals surface area contributed by atoms with Gasteiger partial charge in [-0.25, -0.2) is 9.52 Å². The molecule has 0 saturated heterocycles. The molecule has 0 radical (unpaired) electrons. The highest BCUT2D eigenvalue weighted by Crippen LogP contribution is 2.34. The fourth-order valence-electron chi connectivity index (χ4n) is 2.60. The van der Waals surface area contributed by atoms with Crippen LogP contribution in [0.5, 0.6) is 11.5 Å². The second-order valence-corrected chi connectivity index (χ2v) is 7.19. The molecule has 0 heterocycles. The first-order chi connectivity index (χ1) is 13.7. The lowest BCUT2D eigenvalue weighted by Gasteiger charge is -2.14. The number of fused-ring (bicyclic) bond motifs is 1. The van der Waals surface area contributed by atoms with Crippen molar-refractivity contribution in [3.63, 3.8) is 0 Å². The van der Waals surface area contributed by atoms with Crippen molar-refractivity contribution in [1.82, 2.24) is 4.72 Å². The molecule has 3 rings (SSSR count). The van der Waals surface area contributed by atoms with Gasteiger partial charge in [-0.2, -0.15) is 8.42 Å². The molecule has 0 aromatic heterocycles. The van der Waals surface area contributed by atoms with Crippen molar-refractivity contribution in [2.75, 3.05) is 10.6 Å². The van der Waals surface area contributed by atoms with Crippen LogP contribution in [0.2, 0.25) is 0 Å². The number of rotatable bonds is 5. The van der Waals surface area contributed by atoms with E-state index in [1.165, 1.54) is 11.6 Å². The molecule has 4 N–H and O–H groups in total. The molecule has 0 spiro atoms. The number of urea groups is 1. The summed E-state index contributed by atoms with van der Waals surface area (Å²) in [6, 6.07) is 16.0. The monoisotopic (exact) mass is 415 g/mol. The normalized spacial score (nSPS) is 11.0. The number of ether oxygens (including phenoxy) is 1. The van der Waals surface area contributed by atoms with Crippen molar-refractivity contribution < 1.29 is 27.3 Å². The summed E-state index contributed by atoms with van der Waals surface area (Å²) in [6.07, 6.45) is 0. The van der Waals surface area contributed by atoms with Crippen molar-refractivity contribution >= 4 is 44.4 Å². The van der Waals surface area contributed by atoms with E-state index in [2.05, 4.69) is 10.6 Å². The molecule has 3 amide bonds. The largest absolute Gasteiger partial charge is 0.455 e. The van der Waals surface area contributed by atoms with Crippen LogP contribution in [0.1, 0.15) is 6.92 Å². The fourth-order valence-corrected chi connectivity index (χ4v) is 2.89. The quantitative estimate of drug-likeness (QED) is 0.471. The summed E-state index contributed by atoms with van der Waals surface area (Å²) >= 11 is 0. The van der Waals surface area contributed by atoms with Gasteiger partial charge in [0.05, 0.1) is 5.69 Å². The lowest BCUT2D eigenvalue weighted by molar-refractivity contribution is -0.114. The molecule has 3 aromatic rings. The van der Waals surface area contributed by atoms with Gasteiger partial charge in [-0.3, -0.25) is 9.35 Å². The summed E-state index contributed by atoms with van der Waals surface area (Å²) in [4.78, 5) is 23.0. The number of carbonyl (C=O) groups excluding carboxylic acids is 2. The number of amides is 3. The average molecular weight is 415 g/mol. The van der Waals surface area contributed by atoms with Crippen molar-refractivity contribution in [1.29, 1.82) is 0 Å². The highest BCUT2D eigenvalue weighted by atomic mass is 32.2. The van der Waals surface area contributed by atoms with Crippen LogP contribution >= 0.6 is 0 Å². The maximum Gasteiger partial charge on any atom is 0.361 e. The maximum atomic E-state index is 11.9. The molecule has 150 valence electrons. The van der Waals surface area contributed by atoms with E-state index in [4.69, 9.17) is 9.29 Å². The first kappa shape index (κ1) is 20.1. The lowest BCUT2D eigenvalue weighted by Crippen LogP contribution is -2.33. The lowest BCUT2D eigenvalue weighted by atomic mass is 10.1. The molecule has 3 aromatic carbocycles. The van der Waals surface area contributed by atoms with Gasteiger partial charge in [0.1, 0.15) is 5.75 Å². The van der Waals surface area contributed by atoms with Gasteiger partial charge in [-0.1, -0.05) is 24.3 Å². The molecule has 0 unspecified atom stereocenters. The van der Waals surface area contributed by atoms with E-state index < -0.39 is 16.3 Å². The zero-order valence-corrected chi connectivity index (χ0v) is 16.0. The molecule has 0 bridgehead atoms. The fraction of sp³-hybridized carbons (Fsp3) is 0.0526. The number of hydrogen-bond acceptors (Lipinski definition) is 5. The minimum Gasteiger partial charge on any atom is -0.455 e. The van der Waals surface area contributed by atoms with Crippen LogP contribution in [0, 0.1) is 0 Å².